The summed E-state index contributed by atoms with van der Waals surface area (Å²) in [5.41, 5.74) is -0.00198. The monoisotopic (exact) mass is 302 g/mol. The molecule has 1 aliphatic rings. The first-order chi connectivity index (χ1) is 9.88. The number of alkyl halides is 3. The maximum absolute atomic E-state index is 13.1. The van der Waals surface area contributed by atoms with E-state index in [4.69, 9.17) is 9.84 Å². The lowest BCUT2D eigenvalue weighted by Gasteiger charge is -2.31. The zero-order chi connectivity index (χ0) is 15.5. The average Bonchev–Trinajstić information content (AvgIpc) is 2.45. The Morgan fingerprint density at radius 2 is 1.71 bits per heavy atom. The first-order valence-electron chi connectivity index (χ1n) is 6.94. The van der Waals surface area contributed by atoms with Gasteiger partial charge in [-0.05, 0) is 37.1 Å². The molecule has 0 spiro atoms. The van der Waals surface area contributed by atoms with Crippen molar-refractivity contribution in [2.45, 2.75) is 44.4 Å². The summed E-state index contributed by atoms with van der Waals surface area (Å²) in [5, 5.41) is 9.12. The van der Waals surface area contributed by atoms with E-state index in [1.165, 1.54) is 24.3 Å². The van der Waals surface area contributed by atoms with E-state index in [2.05, 4.69) is 0 Å². The molecule has 0 saturated heterocycles. The Bertz CT molecular complexity index is 476. The highest BCUT2D eigenvalue weighted by Crippen LogP contribution is 2.37. The van der Waals surface area contributed by atoms with Crippen molar-refractivity contribution in [2.75, 3.05) is 0 Å². The van der Waals surface area contributed by atoms with Gasteiger partial charge in [0.1, 0.15) is 5.75 Å². The molecule has 1 saturated carbocycles. The summed E-state index contributed by atoms with van der Waals surface area (Å²) >= 11 is 0. The molecule has 0 aliphatic heterocycles. The third-order valence-electron chi connectivity index (χ3n) is 3.74. The largest absolute Gasteiger partial charge is 0.508 e. The molecular formula is C15H17F3O3. The normalized spacial score (nSPS) is 18.2. The summed E-state index contributed by atoms with van der Waals surface area (Å²) < 4.78 is 44.1. The van der Waals surface area contributed by atoms with Crippen LogP contribution in [0.1, 0.15) is 42.5 Å². The summed E-state index contributed by atoms with van der Waals surface area (Å²) in [5.74, 6) is -1.74. The Balaban J connectivity index is 2.10. The Morgan fingerprint density at radius 3 is 2.24 bits per heavy atom. The van der Waals surface area contributed by atoms with Gasteiger partial charge in [-0.3, -0.25) is 0 Å². The van der Waals surface area contributed by atoms with E-state index >= 15 is 0 Å². The number of hydrogen-bond acceptors (Lipinski definition) is 3. The summed E-state index contributed by atoms with van der Waals surface area (Å²) in [6.07, 6.45) is -3.39. The van der Waals surface area contributed by atoms with Crippen molar-refractivity contribution in [2.24, 2.45) is 5.92 Å². The molecule has 116 valence electrons. The van der Waals surface area contributed by atoms with Crippen molar-refractivity contribution >= 4 is 5.97 Å². The standard InChI is InChI=1S/C15H17F3O3/c16-15(17,18)13(10-4-2-1-3-5-10)21-14(20)11-6-8-12(19)9-7-11/h6-10,13,19H,1-5H2. The van der Waals surface area contributed by atoms with Crippen LogP contribution in [0.3, 0.4) is 0 Å². The van der Waals surface area contributed by atoms with Gasteiger partial charge in [-0.25, -0.2) is 4.79 Å². The maximum atomic E-state index is 13.1. The minimum Gasteiger partial charge on any atom is -0.508 e. The molecule has 2 rings (SSSR count). The Labute approximate surface area is 120 Å². The van der Waals surface area contributed by atoms with Crippen LogP contribution in [-0.2, 0) is 4.74 Å². The first-order valence-corrected chi connectivity index (χ1v) is 6.94. The molecule has 1 atom stereocenters. The Morgan fingerprint density at radius 1 is 1.14 bits per heavy atom. The molecule has 1 N–H and O–H groups in total. The van der Waals surface area contributed by atoms with Crippen LogP contribution in [0.5, 0.6) is 5.75 Å². The predicted molar refractivity (Wildman–Crippen MR) is 69.9 cm³/mol. The van der Waals surface area contributed by atoms with Gasteiger partial charge in [-0.15, -0.1) is 0 Å². The van der Waals surface area contributed by atoms with Crippen LogP contribution in [0, 0.1) is 5.92 Å². The molecule has 0 heterocycles. The van der Waals surface area contributed by atoms with Crippen LogP contribution in [0.4, 0.5) is 13.2 Å². The number of carbonyl (C=O) groups excluding carboxylic acids is 1. The van der Waals surface area contributed by atoms with E-state index in [0.717, 1.165) is 19.3 Å². The summed E-state index contributed by atoms with van der Waals surface area (Å²) in [7, 11) is 0. The zero-order valence-electron chi connectivity index (χ0n) is 11.4. The smallest absolute Gasteiger partial charge is 0.425 e. The number of esters is 1. The van der Waals surface area contributed by atoms with Crippen LogP contribution >= 0.6 is 0 Å². The lowest BCUT2D eigenvalue weighted by atomic mass is 9.85. The second-order valence-corrected chi connectivity index (χ2v) is 5.31. The lowest BCUT2D eigenvalue weighted by Crippen LogP contribution is -2.41. The van der Waals surface area contributed by atoms with E-state index in [1.807, 2.05) is 0 Å². The van der Waals surface area contributed by atoms with Gasteiger partial charge in [-0.2, -0.15) is 13.2 Å². The lowest BCUT2D eigenvalue weighted by molar-refractivity contribution is -0.222. The number of benzene rings is 1. The van der Waals surface area contributed by atoms with Crippen molar-refractivity contribution in [1.29, 1.82) is 0 Å². The van der Waals surface area contributed by atoms with Gasteiger partial charge in [0.25, 0.3) is 0 Å². The second-order valence-electron chi connectivity index (χ2n) is 5.31. The molecule has 1 aromatic carbocycles. The molecule has 0 amide bonds. The number of halogens is 3. The third-order valence-corrected chi connectivity index (χ3v) is 3.74. The molecule has 6 heteroatoms. The van der Waals surface area contributed by atoms with E-state index < -0.39 is 24.2 Å². The second kappa shape index (κ2) is 6.37. The van der Waals surface area contributed by atoms with E-state index in [9.17, 15) is 18.0 Å². The number of aromatic hydroxyl groups is 1. The fourth-order valence-corrected chi connectivity index (χ4v) is 2.65. The highest BCUT2D eigenvalue weighted by atomic mass is 19.4. The minimum atomic E-state index is -4.56. The number of rotatable bonds is 3. The number of phenolic OH excluding ortho intramolecular Hbond substituents is 1. The highest BCUT2D eigenvalue weighted by molar-refractivity contribution is 5.89. The van der Waals surface area contributed by atoms with Crippen LogP contribution < -0.4 is 0 Å². The van der Waals surface area contributed by atoms with Gasteiger partial charge in [0.05, 0.1) is 5.56 Å². The molecule has 1 aromatic rings. The quantitative estimate of drug-likeness (QED) is 0.856. The van der Waals surface area contributed by atoms with Gasteiger partial charge in [0.15, 0.2) is 6.10 Å². The fraction of sp³-hybridized carbons (Fsp3) is 0.533. The molecule has 1 aliphatic carbocycles. The van der Waals surface area contributed by atoms with Gasteiger partial charge in [-0.1, -0.05) is 19.3 Å². The molecule has 1 unspecified atom stereocenters. The molecule has 0 radical (unpaired) electrons. The fourth-order valence-electron chi connectivity index (χ4n) is 2.65. The van der Waals surface area contributed by atoms with Crippen molar-refractivity contribution < 1.29 is 27.8 Å². The van der Waals surface area contributed by atoms with Gasteiger partial charge >= 0.3 is 12.1 Å². The maximum Gasteiger partial charge on any atom is 0.425 e. The third kappa shape index (κ3) is 4.12. The van der Waals surface area contributed by atoms with Crippen LogP contribution in [0.2, 0.25) is 0 Å². The van der Waals surface area contributed by atoms with Crippen LogP contribution in [-0.4, -0.2) is 23.4 Å². The van der Waals surface area contributed by atoms with Crippen molar-refractivity contribution in [1.82, 2.24) is 0 Å². The number of hydrogen-bond donors (Lipinski definition) is 1. The van der Waals surface area contributed by atoms with Crippen molar-refractivity contribution in [3.63, 3.8) is 0 Å². The predicted octanol–water partition coefficient (Wildman–Crippen LogP) is 4.06. The number of ether oxygens (including phenoxy) is 1. The Kier molecular flexibility index (Phi) is 4.75. The summed E-state index contributed by atoms with van der Waals surface area (Å²) in [6.45, 7) is 0. The van der Waals surface area contributed by atoms with Gasteiger partial charge < -0.3 is 9.84 Å². The SMILES string of the molecule is O=C(OC(C1CCCCC1)C(F)(F)F)c1ccc(O)cc1. The average molecular weight is 302 g/mol. The molecule has 0 bridgehead atoms. The minimum absolute atomic E-state index is 0.00198. The number of carbonyl (C=O) groups is 1. The summed E-state index contributed by atoms with van der Waals surface area (Å²) in [6, 6.07) is 4.96. The van der Waals surface area contributed by atoms with Gasteiger partial charge in [0, 0.05) is 5.92 Å². The Hall–Kier alpha value is -1.72. The molecule has 0 aromatic heterocycles. The van der Waals surface area contributed by atoms with E-state index in [1.54, 1.807) is 0 Å². The van der Waals surface area contributed by atoms with E-state index in [0.29, 0.717) is 12.8 Å². The van der Waals surface area contributed by atoms with Crippen molar-refractivity contribution in [3.8, 4) is 5.75 Å². The number of phenols is 1. The molecular weight excluding hydrogens is 285 g/mol. The van der Waals surface area contributed by atoms with Crippen LogP contribution in [0.25, 0.3) is 0 Å². The zero-order valence-corrected chi connectivity index (χ0v) is 11.4. The summed E-state index contributed by atoms with van der Waals surface area (Å²) in [4.78, 5) is 11.9. The van der Waals surface area contributed by atoms with Gasteiger partial charge in [0.2, 0.25) is 0 Å². The molecule has 1 fully saturated rings. The molecule has 21 heavy (non-hydrogen) atoms. The molecule has 3 nitrogen and oxygen atoms in total. The highest BCUT2D eigenvalue weighted by Gasteiger charge is 2.47. The van der Waals surface area contributed by atoms with Crippen molar-refractivity contribution in [3.05, 3.63) is 29.8 Å². The van der Waals surface area contributed by atoms with E-state index in [-0.39, 0.29) is 11.3 Å². The first kappa shape index (κ1) is 15.7. The van der Waals surface area contributed by atoms with Crippen LogP contribution in [0.15, 0.2) is 24.3 Å². The topological polar surface area (TPSA) is 46.5 Å².